The van der Waals surface area contributed by atoms with Crippen LogP contribution in [0.4, 0.5) is 0 Å². The van der Waals surface area contributed by atoms with Crippen LogP contribution in [0, 0.1) is 5.92 Å². The van der Waals surface area contributed by atoms with Gasteiger partial charge >= 0.3 is 0 Å². The molecule has 0 aliphatic heterocycles. The number of carbonyl (C=O) groups excluding carboxylic acids is 1. The molecule has 1 amide bonds. The van der Waals surface area contributed by atoms with Crippen molar-refractivity contribution in [2.24, 2.45) is 11.7 Å². The number of nitrogens with one attached hydrogen (secondary N) is 1. The molecule has 4 heteroatoms. The first-order valence-corrected chi connectivity index (χ1v) is 6.96. The van der Waals surface area contributed by atoms with Crippen LogP contribution in [-0.4, -0.2) is 23.6 Å². The molecule has 1 aromatic carbocycles. The highest BCUT2D eigenvalue weighted by atomic mass is 16.3. The zero-order chi connectivity index (χ0) is 13.7. The lowest BCUT2D eigenvalue weighted by Crippen LogP contribution is -2.43. The Balaban J connectivity index is 1.76. The molecular weight excluding hydrogens is 240 g/mol. The van der Waals surface area contributed by atoms with E-state index in [9.17, 15) is 9.90 Å². The average Bonchev–Trinajstić information content (AvgIpc) is 2.91. The van der Waals surface area contributed by atoms with Crippen molar-refractivity contribution in [3.63, 3.8) is 0 Å². The molecule has 1 aliphatic rings. The van der Waals surface area contributed by atoms with Crippen molar-refractivity contribution >= 4 is 5.91 Å². The topological polar surface area (TPSA) is 75.3 Å². The number of phenols is 1. The van der Waals surface area contributed by atoms with Gasteiger partial charge in [-0.15, -0.1) is 0 Å². The van der Waals surface area contributed by atoms with Gasteiger partial charge in [-0.3, -0.25) is 4.79 Å². The molecule has 1 unspecified atom stereocenters. The van der Waals surface area contributed by atoms with Crippen LogP contribution < -0.4 is 11.1 Å². The molecule has 1 aromatic rings. The van der Waals surface area contributed by atoms with Crippen LogP contribution in [0.5, 0.6) is 5.75 Å². The fourth-order valence-corrected chi connectivity index (χ4v) is 2.57. The summed E-state index contributed by atoms with van der Waals surface area (Å²) in [7, 11) is 0. The monoisotopic (exact) mass is 262 g/mol. The van der Waals surface area contributed by atoms with Crippen LogP contribution >= 0.6 is 0 Å². The normalized spacial score (nSPS) is 17.3. The summed E-state index contributed by atoms with van der Waals surface area (Å²) in [5.41, 5.74) is 6.86. The molecule has 0 aromatic heterocycles. The van der Waals surface area contributed by atoms with Gasteiger partial charge in [0.1, 0.15) is 5.75 Å². The molecule has 0 spiro atoms. The van der Waals surface area contributed by atoms with Crippen LogP contribution in [0.3, 0.4) is 0 Å². The van der Waals surface area contributed by atoms with Gasteiger partial charge in [0.2, 0.25) is 5.91 Å². The fraction of sp³-hybridized carbons (Fsp3) is 0.533. The van der Waals surface area contributed by atoms with Crippen LogP contribution in [0.2, 0.25) is 0 Å². The summed E-state index contributed by atoms with van der Waals surface area (Å²) in [5, 5.41) is 12.1. The lowest BCUT2D eigenvalue weighted by atomic mass is 10.0. The van der Waals surface area contributed by atoms with Crippen molar-refractivity contribution in [3.8, 4) is 5.75 Å². The van der Waals surface area contributed by atoms with Gasteiger partial charge in [0.25, 0.3) is 0 Å². The molecule has 4 nitrogen and oxygen atoms in total. The van der Waals surface area contributed by atoms with Gasteiger partial charge in [0.05, 0.1) is 6.04 Å². The average molecular weight is 262 g/mol. The zero-order valence-electron chi connectivity index (χ0n) is 11.1. The Kier molecular flexibility index (Phi) is 4.80. The van der Waals surface area contributed by atoms with E-state index >= 15 is 0 Å². The molecule has 4 N–H and O–H groups in total. The van der Waals surface area contributed by atoms with Crippen molar-refractivity contribution < 1.29 is 9.90 Å². The van der Waals surface area contributed by atoms with E-state index in [1.165, 1.54) is 25.7 Å². The van der Waals surface area contributed by atoms with E-state index < -0.39 is 6.04 Å². The highest BCUT2D eigenvalue weighted by molar-refractivity contribution is 5.81. The lowest BCUT2D eigenvalue weighted by Gasteiger charge is -2.15. The highest BCUT2D eigenvalue weighted by Gasteiger charge is 2.18. The number of nitrogens with two attached hydrogens (primary N) is 1. The van der Waals surface area contributed by atoms with E-state index in [-0.39, 0.29) is 11.7 Å². The molecule has 104 valence electrons. The predicted molar refractivity (Wildman–Crippen MR) is 74.8 cm³/mol. The van der Waals surface area contributed by atoms with Gasteiger partial charge in [0, 0.05) is 6.54 Å². The lowest BCUT2D eigenvalue weighted by molar-refractivity contribution is -0.122. The van der Waals surface area contributed by atoms with E-state index in [0.29, 0.717) is 12.3 Å². The third kappa shape index (κ3) is 4.24. The summed E-state index contributed by atoms with van der Waals surface area (Å²) in [6.45, 7) is 0.752. The van der Waals surface area contributed by atoms with Crippen LogP contribution in [0.15, 0.2) is 24.3 Å². The number of hydrogen-bond donors (Lipinski definition) is 3. The summed E-state index contributed by atoms with van der Waals surface area (Å²) in [4.78, 5) is 11.9. The van der Waals surface area contributed by atoms with E-state index in [1.54, 1.807) is 24.3 Å². The Bertz CT molecular complexity index is 411. The van der Waals surface area contributed by atoms with Gasteiger partial charge in [-0.1, -0.05) is 25.0 Å². The third-order valence-electron chi connectivity index (χ3n) is 3.77. The van der Waals surface area contributed by atoms with Crippen molar-refractivity contribution in [3.05, 3.63) is 29.8 Å². The first-order chi connectivity index (χ1) is 9.15. The van der Waals surface area contributed by atoms with E-state index in [0.717, 1.165) is 12.1 Å². The van der Waals surface area contributed by atoms with Gasteiger partial charge in [-0.2, -0.15) is 0 Å². The Labute approximate surface area is 114 Å². The second kappa shape index (κ2) is 6.57. The largest absolute Gasteiger partial charge is 0.508 e. The number of benzene rings is 1. The molecule has 0 bridgehead atoms. The van der Waals surface area contributed by atoms with Crippen LogP contribution in [-0.2, 0) is 11.2 Å². The van der Waals surface area contributed by atoms with Crippen molar-refractivity contribution in [1.29, 1.82) is 0 Å². The van der Waals surface area contributed by atoms with Gasteiger partial charge in [-0.25, -0.2) is 0 Å². The standard InChI is InChI=1S/C15H22N2O2/c16-14(9-11-5-7-13(18)8-6-11)15(19)17-10-12-3-1-2-4-12/h5-8,12,14,18H,1-4,9-10,16H2,(H,17,19). The Morgan fingerprint density at radius 2 is 1.95 bits per heavy atom. The summed E-state index contributed by atoms with van der Waals surface area (Å²) < 4.78 is 0. The summed E-state index contributed by atoms with van der Waals surface area (Å²) in [6.07, 6.45) is 5.48. The Morgan fingerprint density at radius 3 is 2.58 bits per heavy atom. The number of rotatable bonds is 5. The minimum absolute atomic E-state index is 0.0834. The smallest absolute Gasteiger partial charge is 0.237 e. The maximum atomic E-state index is 11.9. The summed E-state index contributed by atoms with van der Waals surface area (Å²) in [5.74, 6) is 0.771. The summed E-state index contributed by atoms with van der Waals surface area (Å²) in [6, 6.07) is 6.28. The van der Waals surface area contributed by atoms with Crippen molar-refractivity contribution in [2.75, 3.05) is 6.54 Å². The SMILES string of the molecule is NC(Cc1ccc(O)cc1)C(=O)NCC1CCCC1. The van der Waals surface area contributed by atoms with Gasteiger partial charge in [-0.05, 0) is 42.9 Å². The highest BCUT2D eigenvalue weighted by Crippen LogP contribution is 2.23. The maximum absolute atomic E-state index is 11.9. The number of carbonyl (C=O) groups is 1. The quantitative estimate of drug-likeness (QED) is 0.754. The maximum Gasteiger partial charge on any atom is 0.237 e. The molecule has 1 aliphatic carbocycles. The van der Waals surface area contributed by atoms with Gasteiger partial charge in [0.15, 0.2) is 0 Å². The zero-order valence-corrected chi connectivity index (χ0v) is 11.1. The van der Waals surface area contributed by atoms with Crippen molar-refractivity contribution in [2.45, 2.75) is 38.1 Å². The van der Waals surface area contributed by atoms with Gasteiger partial charge < -0.3 is 16.2 Å². The van der Waals surface area contributed by atoms with Crippen LogP contribution in [0.1, 0.15) is 31.2 Å². The Morgan fingerprint density at radius 1 is 1.32 bits per heavy atom. The minimum atomic E-state index is -0.522. The first kappa shape index (κ1) is 13.9. The molecule has 1 atom stereocenters. The fourth-order valence-electron chi connectivity index (χ4n) is 2.57. The molecule has 1 fully saturated rings. The van der Waals surface area contributed by atoms with Crippen LogP contribution in [0.25, 0.3) is 0 Å². The molecule has 1 saturated carbocycles. The molecule has 0 saturated heterocycles. The second-order valence-electron chi connectivity index (χ2n) is 5.37. The second-order valence-corrected chi connectivity index (χ2v) is 5.37. The van der Waals surface area contributed by atoms with E-state index in [4.69, 9.17) is 5.73 Å². The molecule has 19 heavy (non-hydrogen) atoms. The number of amides is 1. The summed E-state index contributed by atoms with van der Waals surface area (Å²) >= 11 is 0. The minimum Gasteiger partial charge on any atom is -0.508 e. The van der Waals surface area contributed by atoms with Crippen molar-refractivity contribution in [1.82, 2.24) is 5.32 Å². The number of hydrogen-bond acceptors (Lipinski definition) is 3. The van der Waals surface area contributed by atoms with E-state index in [2.05, 4.69) is 5.32 Å². The first-order valence-electron chi connectivity index (χ1n) is 6.96. The number of aromatic hydroxyl groups is 1. The molecule has 2 rings (SSSR count). The predicted octanol–water partition coefficient (Wildman–Crippen LogP) is 1.57. The molecular formula is C15H22N2O2. The molecule has 0 radical (unpaired) electrons. The van der Waals surface area contributed by atoms with E-state index in [1.807, 2.05) is 0 Å². The number of phenolic OH excluding ortho intramolecular Hbond substituents is 1. The third-order valence-corrected chi connectivity index (χ3v) is 3.77. The molecule has 0 heterocycles. The Hall–Kier alpha value is -1.55.